The molecule has 11 heavy (non-hydrogen) atoms. The Balaban J connectivity index is 2.99. The van der Waals surface area contributed by atoms with E-state index in [1.54, 1.807) is 12.1 Å². The van der Waals surface area contributed by atoms with Crippen LogP contribution in [0.1, 0.15) is 5.56 Å². The molecule has 0 aliphatic heterocycles. The van der Waals surface area contributed by atoms with E-state index >= 15 is 0 Å². The number of phenolic OH excluding ortho intramolecular Hbond substituents is 1. The Morgan fingerprint density at radius 1 is 1.55 bits per heavy atom. The number of aromatic hydroxyl groups is 1. The first-order valence-electron chi connectivity index (χ1n) is 3.12. The van der Waals surface area contributed by atoms with E-state index in [1.165, 1.54) is 0 Å². The number of phenols is 1. The molecule has 0 aliphatic carbocycles. The smallest absolute Gasteiger partial charge is 0.140 e. The van der Waals surface area contributed by atoms with Gasteiger partial charge in [0, 0.05) is 5.33 Å². The molecule has 0 saturated carbocycles. The van der Waals surface area contributed by atoms with Gasteiger partial charge < -0.3 is 10.5 Å². The Bertz CT molecular complexity index is 252. The van der Waals surface area contributed by atoms with Crippen LogP contribution in [-0.4, -0.2) is 5.11 Å². The topological polar surface area (TPSA) is 58.3 Å². The SMILES string of the molecule is NNc1ccc(CBr)cc1O. The predicted octanol–water partition coefficient (Wildman–Crippen LogP) is 1.57. The number of alkyl halides is 1. The van der Waals surface area contributed by atoms with E-state index in [0.717, 1.165) is 10.9 Å². The molecule has 0 atom stereocenters. The van der Waals surface area contributed by atoms with Crippen molar-refractivity contribution in [3.05, 3.63) is 23.8 Å². The van der Waals surface area contributed by atoms with Gasteiger partial charge in [-0.2, -0.15) is 0 Å². The van der Waals surface area contributed by atoms with E-state index in [2.05, 4.69) is 21.4 Å². The van der Waals surface area contributed by atoms with Gasteiger partial charge in [0.1, 0.15) is 5.75 Å². The molecule has 4 heteroatoms. The number of nitrogen functional groups attached to an aromatic ring is 1. The summed E-state index contributed by atoms with van der Waals surface area (Å²) in [5, 5.41) is 9.99. The van der Waals surface area contributed by atoms with Crippen molar-refractivity contribution in [2.24, 2.45) is 5.84 Å². The molecule has 0 spiro atoms. The van der Waals surface area contributed by atoms with Crippen LogP contribution in [-0.2, 0) is 5.33 Å². The van der Waals surface area contributed by atoms with E-state index < -0.39 is 0 Å². The normalized spacial score (nSPS) is 9.64. The Hall–Kier alpha value is -0.740. The number of hydrogen-bond donors (Lipinski definition) is 3. The Kier molecular flexibility index (Phi) is 2.73. The highest BCUT2D eigenvalue weighted by molar-refractivity contribution is 9.08. The lowest BCUT2D eigenvalue weighted by molar-refractivity contribution is 0.477. The molecule has 0 unspecified atom stereocenters. The number of benzene rings is 1. The van der Waals surface area contributed by atoms with Crippen LogP contribution in [0.4, 0.5) is 5.69 Å². The lowest BCUT2D eigenvalue weighted by atomic mass is 10.2. The minimum absolute atomic E-state index is 0.171. The van der Waals surface area contributed by atoms with Crippen LogP contribution in [0.3, 0.4) is 0 Å². The van der Waals surface area contributed by atoms with Gasteiger partial charge in [-0.1, -0.05) is 22.0 Å². The van der Waals surface area contributed by atoms with Crippen LogP contribution < -0.4 is 11.3 Å². The first-order chi connectivity index (χ1) is 5.27. The number of nitrogens with two attached hydrogens (primary N) is 1. The maximum atomic E-state index is 9.26. The van der Waals surface area contributed by atoms with Crippen molar-refractivity contribution in [1.82, 2.24) is 0 Å². The third-order valence-corrected chi connectivity index (χ3v) is 2.02. The zero-order chi connectivity index (χ0) is 8.27. The largest absolute Gasteiger partial charge is 0.506 e. The summed E-state index contributed by atoms with van der Waals surface area (Å²) in [6, 6.07) is 5.26. The van der Waals surface area contributed by atoms with Gasteiger partial charge in [0.15, 0.2) is 0 Å². The van der Waals surface area contributed by atoms with Gasteiger partial charge in [-0.15, -0.1) is 0 Å². The second kappa shape index (κ2) is 3.59. The lowest BCUT2D eigenvalue weighted by Crippen LogP contribution is -2.06. The lowest BCUT2D eigenvalue weighted by Gasteiger charge is -2.03. The average Bonchev–Trinajstić information content (AvgIpc) is 2.04. The second-order valence-corrected chi connectivity index (χ2v) is 2.69. The molecule has 0 radical (unpaired) electrons. The first-order valence-corrected chi connectivity index (χ1v) is 4.24. The van der Waals surface area contributed by atoms with Crippen LogP contribution in [0.15, 0.2) is 18.2 Å². The molecule has 0 saturated heterocycles. The molecule has 4 N–H and O–H groups in total. The fourth-order valence-electron chi connectivity index (χ4n) is 0.782. The van der Waals surface area contributed by atoms with Crippen molar-refractivity contribution in [1.29, 1.82) is 0 Å². The Labute approximate surface area is 73.3 Å². The highest BCUT2D eigenvalue weighted by Gasteiger charge is 1.98. The number of hydrogen-bond acceptors (Lipinski definition) is 3. The van der Waals surface area contributed by atoms with E-state index in [-0.39, 0.29) is 5.75 Å². The molecule has 0 bridgehead atoms. The summed E-state index contributed by atoms with van der Waals surface area (Å²) in [7, 11) is 0. The van der Waals surface area contributed by atoms with Crippen molar-refractivity contribution in [2.45, 2.75) is 5.33 Å². The summed E-state index contributed by atoms with van der Waals surface area (Å²) in [5.41, 5.74) is 3.93. The Morgan fingerprint density at radius 3 is 2.73 bits per heavy atom. The maximum Gasteiger partial charge on any atom is 0.140 e. The van der Waals surface area contributed by atoms with Crippen molar-refractivity contribution < 1.29 is 5.11 Å². The third-order valence-electron chi connectivity index (χ3n) is 1.37. The molecule has 0 amide bonds. The number of nitrogens with one attached hydrogen (secondary N) is 1. The fourth-order valence-corrected chi connectivity index (χ4v) is 1.13. The fraction of sp³-hybridized carbons (Fsp3) is 0.143. The molecule has 60 valence electrons. The molecule has 0 aliphatic rings. The maximum absolute atomic E-state index is 9.26. The summed E-state index contributed by atoms with van der Waals surface area (Å²) in [6.45, 7) is 0. The highest BCUT2D eigenvalue weighted by atomic mass is 79.9. The van der Waals surface area contributed by atoms with Crippen LogP contribution in [0.2, 0.25) is 0 Å². The van der Waals surface area contributed by atoms with Gasteiger partial charge in [-0.3, -0.25) is 5.84 Å². The van der Waals surface area contributed by atoms with E-state index in [0.29, 0.717) is 5.69 Å². The molecule has 0 heterocycles. The summed E-state index contributed by atoms with van der Waals surface area (Å²) in [5.74, 6) is 5.29. The van der Waals surface area contributed by atoms with Crippen molar-refractivity contribution in [2.75, 3.05) is 5.43 Å². The first kappa shape index (κ1) is 8.36. The van der Waals surface area contributed by atoms with Crippen LogP contribution in [0, 0.1) is 0 Å². The molecule has 1 aromatic rings. The number of hydrazine groups is 1. The molecule has 1 rings (SSSR count). The molecule has 0 fully saturated rings. The van der Waals surface area contributed by atoms with Gasteiger partial charge >= 0.3 is 0 Å². The quantitative estimate of drug-likeness (QED) is 0.305. The van der Waals surface area contributed by atoms with Crippen molar-refractivity contribution in [3.63, 3.8) is 0 Å². The van der Waals surface area contributed by atoms with Crippen LogP contribution in [0.5, 0.6) is 5.75 Å². The molecule has 1 aromatic carbocycles. The van der Waals surface area contributed by atoms with E-state index in [9.17, 15) is 5.11 Å². The minimum Gasteiger partial charge on any atom is -0.506 e. The summed E-state index contributed by atoms with van der Waals surface area (Å²) < 4.78 is 0. The van der Waals surface area contributed by atoms with Crippen LogP contribution >= 0.6 is 15.9 Å². The van der Waals surface area contributed by atoms with E-state index in [1.807, 2.05) is 6.07 Å². The van der Waals surface area contributed by atoms with Crippen molar-refractivity contribution >= 4 is 21.6 Å². The minimum atomic E-state index is 0.171. The third kappa shape index (κ3) is 1.85. The number of rotatable bonds is 2. The number of halogens is 1. The van der Waals surface area contributed by atoms with Gasteiger partial charge in [-0.25, -0.2) is 0 Å². The highest BCUT2D eigenvalue weighted by Crippen LogP contribution is 2.23. The standard InChI is InChI=1S/C7H9BrN2O/c8-4-5-1-2-6(10-9)7(11)3-5/h1-3,10-11H,4,9H2. The van der Waals surface area contributed by atoms with Gasteiger partial charge in [0.05, 0.1) is 5.69 Å². The van der Waals surface area contributed by atoms with Gasteiger partial charge in [-0.05, 0) is 17.7 Å². The Morgan fingerprint density at radius 2 is 2.27 bits per heavy atom. The van der Waals surface area contributed by atoms with E-state index in [4.69, 9.17) is 5.84 Å². The molecular formula is C7H9BrN2O. The summed E-state index contributed by atoms with van der Waals surface area (Å²) in [4.78, 5) is 0. The molecule has 0 aromatic heterocycles. The van der Waals surface area contributed by atoms with Gasteiger partial charge in [0.2, 0.25) is 0 Å². The monoisotopic (exact) mass is 216 g/mol. The second-order valence-electron chi connectivity index (χ2n) is 2.13. The van der Waals surface area contributed by atoms with Gasteiger partial charge in [0.25, 0.3) is 0 Å². The molecular weight excluding hydrogens is 208 g/mol. The summed E-state index contributed by atoms with van der Waals surface area (Å²) in [6.07, 6.45) is 0. The average molecular weight is 217 g/mol. The summed E-state index contributed by atoms with van der Waals surface area (Å²) >= 11 is 3.28. The van der Waals surface area contributed by atoms with Crippen molar-refractivity contribution in [3.8, 4) is 5.75 Å². The van der Waals surface area contributed by atoms with Crippen LogP contribution in [0.25, 0.3) is 0 Å². The predicted molar refractivity (Wildman–Crippen MR) is 48.5 cm³/mol. The zero-order valence-corrected chi connectivity index (χ0v) is 7.43. The zero-order valence-electron chi connectivity index (χ0n) is 5.84. The number of anilines is 1. The molecule has 3 nitrogen and oxygen atoms in total.